The van der Waals surface area contributed by atoms with Crippen LogP contribution in [0.4, 0.5) is 21.9 Å². The second-order valence-electron chi connectivity index (χ2n) is 6.26. The normalized spacial score (nSPS) is 13.2. The molecule has 0 spiro atoms. The zero-order valence-electron chi connectivity index (χ0n) is 14.9. The highest BCUT2D eigenvalue weighted by molar-refractivity contribution is 6.02. The van der Waals surface area contributed by atoms with Gasteiger partial charge in [-0.3, -0.25) is 4.79 Å². The Bertz CT molecular complexity index is 793. The maximum atomic E-state index is 12.2. The molecule has 7 heteroatoms. The number of anilines is 3. The van der Waals surface area contributed by atoms with E-state index in [4.69, 9.17) is 4.74 Å². The van der Waals surface area contributed by atoms with Crippen LogP contribution in [0.1, 0.15) is 0 Å². The van der Waals surface area contributed by atoms with Crippen molar-refractivity contribution >= 4 is 29.0 Å². The second-order valence-corrected chi connectivity index (χ2v) is 6.26. The topological polar surface area (TPSA) is 73.9 Å². The van der Waals surface area contributed by atoms with Gasteiger partial charge in [-0.25, -0.2) is 4.79 Å². The van der Waals surface area contributed by atoms with Crippen LogP contribution < -0.4 is 20.3 Å². The number of para-hydroxylation sites is 1. The van der Waals surface area contributed by atoms with E-state index in [2.05, 4.69) is 10.6 Å². The van der Waals surface area contributed by atoms with E-state index in [0.29, 0.717) is 29.4 Å². The largest absolute Gasteiger partial charge is 0.482 e. The number of nitrogens with zero attached hydrogens (tertiary/aromatic N) is 2. The Morgan fingerprint density at radius 3 is 2.58 bits per heavy atom. The lowest BCUT2D eigenvalue weighted by Gasteiger charge is -2.30. The molecule has 7 nitrogen and oxygen atoms in total. The SMILES string of the molecule is CN(C)CCN1C(=O)COc2ccc(NC(=O)Nc3ccccc3)cc21. The molecule has 0 saturated carbocycles. The van der Waals surface area contributed by atoms with E-state index >= 15 is 0 Å². The summed E-state index contributed by atoms with van der Waals surface area (Å²) >= 11 is 0. The lowest BCUT2D eigenvalue weighted by molar-refractivity contribution is -0.121. The van der Waals surface area contributed by atoms with Gasteiger partial charge in [0.15, 0.2) is 6.61 Å². The van der Waals surface area contributed by atoms with Crippen LogP contribution in [0, 0.1) is 0 Å². The van der Waals surface area contributed by atoms with Crippen LogP contribution in [0.3, 0.4) is 0 Å². The zero-order chi connectivity index (χ0) is 18.5. The number of likely N-dealkylation sites (N-methyl/N-ethyl adjacent to an activating group) is 1. The van der Waals surface area contributed by atoms with Gasteiger partial charge in [-0.15, -0.1) is 0 Å². The van der Waals surface area contributed by atoms with Gasteiger partial charge in [-0.2, -0.15) is 0 Å². The van der Waals surface area contributed by atoms with E-state index in [9.17, 15) is 9.59 Å². The van der Waals surface area contributed by atoms with Crippen molar-refractivity contribution in [3.05, 3.63) is 48.5 Å². The third-order valence-corrected chi connectivity index (χ3v) is 3.96. The number of fused-ring (bicyclic) bond motifs is 1. The lowest BCUT2D eigenvalue weighted by atomic mass is 10.2. The molecule has 3 amide bonds. The Kier molecular flexibility index (Phi) is 5.38. The van der Waals surface area contributed by atoms with E-state index in [-0.39, 0.29) is 18.5 Å². The van der Waals surface area contributed by atoms with E-state index in [1.165, 1.54) is 0 Å². The van der Waals surface area contributed by atoms with Crippen LogP contribution in [0.2, 0.25) is 0 Å². The Labute approximate surface area is 152 Å². The van der Waals surface area contributed by atoms with Crippen molar-refractivity contribution in [3.8, 4) is 5.75 Å². The standard InChI is InChI=1S/C19H22N4O3/c1-22(2)10-11-23-16-12-15(8-9-17(16)26-13-18(23)24)21-19(25)20-14-6-4-3-5-7-14/h3-9,12H,10-11,13H2,1-2H3,(H2,20,21,25). The number of urea groups is 1. The van der Waals surface area contributed by atoms with Gasteiger partial charge in [-0.05, 0) is 44.4 Å². The molecule has 1 aliphatic heterocycles. The summed E-state index contributed by atoms with van der Waals surface area (Å²) in [4.78, 5) is 28.1. The number of amides is 3. The first-order valence-electron chi connectivity index (χ1n) is 8.38. The van der Waals surface area contributed by atoms with Crippen molar-refractivity contribution in [2.24, 2.45) is 0 Å². The minimum absolute atomic E-state index is 0.0295. The third kappa shape index (κ3) is 4.31. The summed E-state index contributed by atoms with van der Waals surface area (Å²) in [5.41, 5.74) is 1.96. The van der Waals surface area contributed by atoms with E-state index in [0.717, 1.165) is 6.54 Å². The summed E-state index contributed by atoms with van der Waals surface area (Å²) in [6.07, 6.45) is 0. The lowest BCUT2D eigenvalue weighted by Crippen LogP contribution is -2.42. The Morgan fingerprint density at radius 1 is 1.12 bits per heavy atom. The molecule has 1 heterocycles. The summed E-state index contributed by atoms with van der Waals surface area (Å²) < 4.78 is 5.50. The van der Waals surface area contributed by atoms with Crippen molar-refractivity contribution in [3.63, 3.8) is 0 Å². The third-order valence-electron chi connectivity index (χ3n) is 3.96. The summed E-state index contributed by atoms with van der Waals surface area (Å²) in [5.74, 6) is 0.544. The summed E-state index contributed by atoms with van der Waals surface area (Å²) in [5, 5.41) is 5.55. The molecule has 2 aromatic rings. The van der Waals surface area contributed by atoms with Gasteiger partial charge >= 0.3 is 6.03 Å². The van der Waals surface area contributed by atoms with Gasteiger partial charge in [-0.1, -0.05) is 18.2 Å². The number of ether oxygens (including phenoxy) is 1. The number of nitrogens with one attached hydrogen (secondary N) is 2. The van der Waals surface area contributed by atoms with Crippen molar-refractivity contribution in [1.29, 1.82) is 0 Å². The number of hydrogen-bond donors (Lipinski definition) is 2. The highest BCUT2D eigenvalue weighted by Crippen LogP contribution is 2.34. The minimum Gasteiger partial charge on any atom is -0.482 e. The van der Waals surface area contributed by atoms with Gasteiger partial charge in [0, 0.05) is 24.5 Å². The van der Waals surface area contributed by atoms with Crippen molar-refractivity contribution in [1.82, 2.24) is 4.90 Å². The summed E-state index contributed by atoms with van der Waals surface area (Å²) in [6, 6.07) is 14.1. The number of hydrogen-bond acceptors (Lipinski definition) is 4. The highest BCUT2D eigenvalue weighted by atomic mass is 16.5. The van der Waals surface area contributed by atoms with Gasteiger partial charge in [0.1, 0.15) is 5.75 Å². The quantitative estimate of drug-likeness (QED) is 0.866. The average Bonchev–Trinajstić information content (AvgIpc) is 2.61. The first-order valence-corrected chi connectivity index (χ1v) is 8.38. The second kappa shape index (κ2) is 7.88. The van der Waals surface area contributed by atoms with Gasteiger partial charge < -0.3 is 25.2 Å². The Hall–Kier alpha value is -3.06. The molecule has 0 saturated heterocycles. The first kappa shape index (κ1) is 17.8. The van der Waals surface area contributed by atoms with Crippen molar-refractivity contribution < 1.29 is 14.3 Å². The number of rotatable bonds is 5. The van der Waals surface area contributed by atoms with E-state index in [1.807, 2.05) is 49.3 Å². The predicted molar refractivity (Wildman–Crippen MR) is 102 cm³/mol. The Balaban J connectivity index is 1.74. The molecular formula is C19H22N4O3. The first-order chi connectivity index (χ1) is 12.5. The fourth-order valence-electron chi connectivity index (χ4n) is 2.64. The fraction of sp³-hybridized carbons (Fsp3) is 0.263. The van der Waals surface area contributed by atoms with Crippen molar-refractivity contribution in [2.75, 3.05) is 49.3 Å². The van der Waals surface area contributed by atoms with E-state index in [1.54, 1.807) is 23.1 Å². The molecule has 2 aromatic carbocycles. The van der Waals surface area contributed by atoms with Crippen LogP contribution in [0.25, 0.3) is 0 Å². The maximum absolute atomic E-state index is 12.2. The molecular weight excluding hydrogens is 332 g/mol. The van der Waals surface area contributed by atoms with Crippen LogP contribution in [-0.4, -0.2) is 50.6 Å². The smallest absolute Gasteiger partial charge is 0.323 e. The van der Waals surface area contributed by atoms with Crippen LogP contribution >= 0.6 is 0 Å². The summed E-state index contributed by atoms with van der Waals surface area (Å²) in [6.45, 7) is 1.32. The molecule has 0 unspecified atom stereocenters. The van der Waals surface area contributed by atoms with Gasteiger partial charge in [0.05, 0.1) is 5.69 Å². The van der Waals surface area contributed by atoms with Gasteiger partial charge in [0.25, 0.3) is 5.91 Å². The molecule has 0 bridgehead atoms. The van der Waals surface area contributed by atoms with Crippen LogP contribution in [0.15, 0.2) is 48.5 Å². The molecule has 2 N–H and O–H groups in total. The highest BCUT2D eigenvalue weighted by Gasteiger charge is 2.25. The van der Waals surface area contributed by atoms with Gasteiger partial charge in [0.2, 0.25) is 0 Å². The van der Waals surface area contributed by atoms with Crippen LogP contribution in [0.5, 0.6) is 5.75 Å². The molecule has 0 fully saturated rings. The van der Waals surface area contributed by atoms with Crippen LogP contribution in [-0.2, 0) is 4.79 Å². The van der Waals surface area contributed by atoms with E-state index < -0.39 is 0 Å². The maximum Gasteiger partial charge on any atom is 0.323 e. The molecule has 136 valence electrons. The zero-order valence-corrected chi connectivity index (χ0v) is 14.9. The predicted octanol–water partition coefficient (Wildman–Crippen LogP) is 2.62. The Morgan fingerprint density at radius 2 is 1.85 bits per heavy atom. The fourth-order valence-corrected chi connectivity index (χ4v) is 2.64. The molecule has 0 aliphatic carbocycles. The molecule has 0 atom stereocenters. The van der Waals surface area contributed by atoms with Crippen molar-refractivity contribution in [2.45, 2.75) is 0 Å². The molecule has 26 heavy (non-hydrogen) atoms. The summed E-state index contributed by atoms with van der Waals surface area (Å²) in [7, 11) is 3.91. The molecule has 0 aromatic heterocycles. The monoisotopic (exact) mass is 354 g/mol. The minimum atomic E-state index is -0.348. The molecule has 3 rings (SSSR count). The number of carbonyl (C=O) groups excluding carboxylic acids is 2. The average molecular weight is 354 g/mol. The number of carbonyl (C=O) groups is 2. The number of benzene rings is 2. The molecule has 1 aliphatic rings. The molecule has 0 radical (unpaired) electrons.